The van der Waals surface area contributed by atoms with Crippen molar-refractivity contribution in [2.75, 3.05) is 11.1 Å². The number of nitrogens with zero attached hydrogens (tertiary/aromatic N) is 3. The highest BCUT2D eigenvalue weighted by Crippen LogP contribution is 2.22. The second-order valence-corrected chi connectivity index (χ2v) is 8.29. The lowest BCUT2D eigenvalue weighted by molar-refractivity contribution is -0.384. The van der Waals surface area contributed by atoms with Crippen LogP contribution in [0, 0.1) is 10.1 Å². The Morgan fingerprint density at radius 2 is 1.80 bits per heavy atom. The van der Waals surface area contributed by atoms with Crippen LogP contribution >= 0.6 is 0 Å². The molecule has 1 aromatic heterocycles. The lowest BCUT2D eigenvalue weighted by Gasteiger charge is -2.01. The summed E-state index contributed by atoms with van der Waals surface area (Å²) in [5, 5.41) is 20.6. The predicted molar refractivity (Wildman–Crippen MR) is 108 cm³/mol. The largest absolute Gasteiger partial charge is 0.403 e. The van der Waals surface area contributed by atoms with E-state index in [0.717, 1.165) is 0 Å². The first kappa shape index (κ1) is 20.9. The lowest BCUT2D eigenvalue weighted by atomic mass is 10.2. The molecule has 0 atom stereocenters. The van der Waals surface area contributed by atoms with E-state index in [4.69, 9.17) is 4.42 Å². The zero-order valence-corrected chi connectivity index (χ0v) is 16.5. The van der Waals surface area contributed by atoms with Crippen molar-refractivity contribution in [3.8, 4) is 11.5 Å². The van der Waals surface area contributed by atoms with Crippen LogP contribution in [0.25, 0.3) is 17.5 Å². The highest BCUT2D eigenvalue weighted by molar-refractivity contribution is 7.91. The van der Waals surface area contributed by atoms with Crippen LogP contribution < -0.4 is 5.32 Å². The molecule has 0 aliphatic carbocycles. The number of carbonyl (C=O) groups is 1. The van der Waals surface area contributed by atoms with Gasteiger partial charge in [0.2, 0.25) is 5.89 Å². The Bertz CT molecular complexity index is 1200. The third-order valence-corrected chi connectivity index (χ3v) is 5.78. The van der Waals surface area contributed by atoms with E-state index in [1.807, 2.05) is 0 Å². The quantitative estimate of drug-likeness (QED) is 0.343. The molecule has 0 radical (unpaired) electrons. The van der Waals surface area contributed by atoms with Crippen molar-refractivity contribution in [3.05, 3.63) is 70.3 Å². The summed E-state index contributed by atoms with van der Waals surface area (Å²) in [6, 6.07) is 11.5. The standard InChI is InChI=1S/C19H16N4O6S/c1-2-30(27,28)16-10-6-14(7-11-16)18-21-22-19(29-18)20-17(24)12-5-13-3-8-15(9-4-13)23(25)26/h3-12H,2H2,1H3,(H,20,22,24). The van der Waals surface area contributed by atoms with Crippen LogP contribution in [0.15, 0.2) is 63.9 Å². The molecule has 0 saturated carbocycles. The number of nitro benzene ring substituents is 1. The number of benzene rings is 2. The van der Waals surface area contributed by atoms with Gasteiger partial charge in [-0.2, -0.15) is 0 Å². The molecule has 1 N–H and O–H groups in total. The summed E-state index contributed by atoms with van der Waals surface area (Å²) in [5.41, 5.74) is 1.05. The van der Waals surface area contributed by atoms with Crippen molar-refractivity contribution in [2.24, 2.45) is 0 Å². The number of nitro groups is 1. The highest BCUT2D eigenvalue weighted by atomic mass is 32.2. The van der Waals surface area contributed by atoms with E-state index in [9.17, 15) is 23.3 Å². The Morgan fingerprint density at radius 3 is 2.40 bits per heavy atom. The molecular weight excluding hydrogens is 412 g/mol. The molecule has 11 heteroatoms. The van der Waals surface area contributed by atoms with Gasteiger partial charge in [-0.05, 0) is 48.0 Å². The molecule has 154 valence electrons. The molecule has 1 heterocycles. The molecule has 1 amide bonds. The van der Waals surface area contributed by atoms with E-state index in [-0.39, 0.29) is 28.2 Å². The van der Waals surface area contributed by atoms with Gasteiger partial charge in [-0.25, -0.2) is 8.42 Å². The summed E-state index contributed by atoms with van der Waals surface area (Å²) in [5.74, 6) is -0.422. The Kier molecular flexibility index (Phi) is 6.02. The number of aromatic nitrogens is 2. The Labute approximate surface area is 171 Å². The third kappa shape index (κ3) is 4.94. The minimum absolute atomic E-state index is 0.00350. The first-order valence-corrected chi connectivity index (χ1v) is 10.3. The van der Waals surface area contributed by atoms with Crippen molar-refractivity contribution >= 4 is 33.5 Å². The van der Waals surface area contributed by atoms with Gasteiger partial charge in [0, 0.05) is 23.8 Å². The fraction of sp³-hybridized carbons (Fsp3) is 0.105. The molecule has 3 aromatic rings. The summed E-state index contributed by atoms with van der Waals surface area (Å²) in [7, 11) is -3.31. The van der Waals surface area contributed by atoms with Crippen molar-refractivity contribution in [1.82, 2.24) is 10.2 Å². The average molecular weight is 428 g/mol. The number of carbonyl (C=O) groups excluding carboxylic acids is 1. The normalized spacial score (nSPS) is 11.5. The van der Waals surface area contributed by atoms with Gasteiger partial charge >= 0.3 is 6.01 Å². The average Bonchev–Trinajstić information content (AvgIpc) is 3.21. The number of hydrogen-bond donors (Lipinski definition) is 1. The third-order valence-electron chi connectivity index (χ3n) is 4.03. The number of amides is 1. The second-order valence-electron chi connectivity index (χ2n) is 6.01. The molecule has 0 aliphatic rings. The molecule has 0 saturated heterocycles. The maximum Gasteiger partial charge on any atom is 0.322 e. The van der Waals surface area contributed by atoms with Crippen LogP contribution in [0.2, 0.25) is 0 Å². The van der Waals surface area contributed by atoms with Gasteiger partial charge in [0.15, 0.2) is 9.84 Å². The summed E-state index contributed by atoms with van der Waals surface area (Å²) in [4.78, 5) is 22.3. The van der Waals surface area contributed by atoms with E-state index < -0.39 is 20.7 Å². The number of sulfone groups is 1. The zero-order chi connectivity index (χ0) is 21.7. The Morgan fingerprint density at radius 1 is 1.13 bits per heavy atom. The number of rotatable bonds is 7. The van der Waals surface area contributed by atoms with Crippen LogP contribution in [-0.4, -0.2) is 35.2 Å². The molecule has 0 fully saturated rings. The minimum atomic E-state index is -3.31. The topological polar surface area (TPSA) is 145 Å². The monoisotopic (exact) mass is 428 g/mol. The van der Waals surface area contributed by atoms with Gasteiger partial charge < -0.3 is 4.42 Å². The molecule has 10 nitrogen and oxygen atoms in total. The van der Waals surface area contributed by atoms with Gasteiger partial charge in [-0.15, -0.1) is 5.10 Å². The van der Waals surface area contributed by atoms with E-state index >= 15 is 0 Å². The fourth-order valence-electron chi connectivity index (χ4n) is 2.39. The van der Waals surface area contributed by atoms with Crippen LogP contribution in [0.3, 0.4) is 0 Å². The van der Waals surface area contributed by atoms with Crippen molar-refractivity contribution in [3.63, 3.8) is 0 Å². The van der Waals surface area contributed by atoms with E-state index in [2.05, 4.69) is 15.5 Å². The maximum atomic E-state index is 12.0. The van der Waals surface area contributed by atoms with Crippen LogP contribution in [0.1, 0.15) is 12.5 Å². The summed E-state index contributed by atoms with van der Waals surface area (Å²) >= 11 is 0. The van der Waals surface area contributed by atoms with Crippen LogP contribution in [0.5, 0.6) is 0 Å². The number of nitrogens with one attached hydrogen (secondary N) is 1. The minimum Gasteiger partial charge on any atom is -0.403 e. The Hall–Kier alpha value is -3.86. The summed E-state index contributed by atoms with van der Waals surface area (Å²) in [6.07, 6.45) is 2.69. The highest BCUT2D eigenvalue weighted by Gasteiger charge is 2.14. The van der Waals surface area contributed by atoms with E-state index in [1.165, 1.54) is 60.7 Å². The van der Waals surface area contributed by atoms with E-state index in [0.29, 0.717) is 11.1 Å². The van der Waals surface area contributed by atoms with Crippen molar-refractivity contribution in [1.29, 1.82) is 0 Å². The summed E-state index contributed by atoms with van der Waals surface area (Å²) < 4.78 is 29.1. The van der Waals surface area contributed by atoms with Gasteiger partial charge in [0.05, 0.1) is 15.6 Å². The first-order chi connectivity index (χ1) is 14.3. The molecule has 2 aromatic carbocycles. The van der Waals surface area contributed by atoms with Gasteiger partial charge in [-0.3, -0.25) is 20.2 Å². The SMILES string of the molecule is CCS(=O)(=O)c1ccc(-c2nnc(NC(=O)C=Cc3ccc([N+](=O)[O-])cc3)o2)cc1. The molecule has 3 rings (SSSR count). The van der Waals surface area contributed by atoms with Gasteiger partial charge in [0.1, 0.15) is 0 Å². The van der Waals surface area contributed by atoms with Crippen molar-refractivity contribution in [2.45, 2.75) is 11.8 Å². The molecular formula is C19H16N4O6S. The van der Waals surface area contributed by atoms with Gasteiger partial charge in [0.25, 0.3) is 11.6 Å². The molecule has 0 bridgehead atoms. The molecule has 0 spiro atoms. The maximum absolute atomic E-state index is 12.0. The molecule has 30 heavy (non-hydrogen) atoms. The predicted octanol–water partition coefficient (Wildman–Crippen LogP) is 3.09. The Balaban J connectivity index is 1.65. The van der Waals surface area contributed by atoms with Crippen LogP contribution in [0.4, 0.5) is 11.7 Å². The number of non-ortho nitro benzene ring substituents is 1. The van der Waals surface area contributed by atoms with Crippen LogP contribution in [-0.2, 0) is 14.6 Å². The second kappa shape index (κ2) is 8.66. The lowest BCUT2D eigenvalue weighted by Crippen LogP contribution is -2.07. The number of anilines is 1. The first-order valence-electron chi connectivity index (χ1n) is 8.68. The fourth-order valence-corrected chi connectivity index (χ4v) is 3.27. The number of hydrogen-bond acceptors (Lipinski definition) is 8. The summed E-state index contributed by atoms with van der Waals surface area (Å²) in [6.45, 7) is 1.56. The van der Waals surface area contributed by atoms with Gasteiger partial charge in [-0.1, -0.05) is 12.0 Å². The molecule has 0 aliphatic heterocycles. The smallest absolute Gasteiger partial charge is 0.322 e. The van der Waals surface area contributed by atoms with E-state index in [1.54, 1.807) is 6.92 Å². The molecule has 0 unspecified atom stereocenters. The zero-order valence-electron chi connectivity index (χ0n) is 15.7. The van der Waals surface area contributed by atoms with Crippen molar-refractivity contribution < 1.29 is 22.6 Å².